The van der Waals surface area contributed by atoms with Gasteiger partial charge in [-0.15, -0.1) is 0 Å². The molecule has 0 amide bonds. The predicted molar refractivity (Wildman–Crippen MR) is 79.6 cm³/mol. The molecule has 18 heavy (non-hydrogen) atoms. The fourth-order valence-corrected chi connectivity index (χ4v) is 1.53. The summed E-state index contributed by atoms with van der Waals surface area (Å²) in [5.41, 5.74) is -0.398. The molecule has 0 aliphatic carbocycles. The number of hydrogen-bond acceptors (Lipinski definition) is 2. The monoisotopic (exact) mass is 256 g/mol. The molecule has 0 aromatic rings. The van der Waals surface area contributed by atoms with Gasteiger partial charge in [0, 0.05) is 6.08 Å². The fourth-order valence-electron chi connectivity index (χ4n) is 1.53. The lowest BCUT2D eigenvalue weighted by molar-refractivity contribution is -0.148. The quantitative estimate of drug-likeness (QED) is 0.486. The Balaban J connectivity index is 0. The van der Waals surface area contributed by atoms with Crippen LogP contribution in [-0.4, -0.2) is 11.6 Å². The molecule has 0 atom stereocenters. The summed E-state index contributed by atoms with van der Waals surface area (Å²) in [6, 6.07) is 0. The number of rotatable bonds is 6. The van der Waals surface area contributed by atoms with Gasteiger partial charge in [-0.1, -0.05) is 59.5 Å². The molecular weight excluding hydrogens is 224 g/mol. The highest BCUT2D eigenvalue weighted by molar-refractivity contribution is 5.81. The molecule has 2 heteroatoms. The Morgan fingerprint density at radius 2 is 1.72 bits per heavy atom. The normalized spacial score (nSPS) is 10.6. The Labute approximate surface area is 114 Å². The van der Waals surface area contributed by atoms with Crippen molar-refractivity contribution in [3.05, 3.63) is 12.7 Å². The first-order valence-corrected chi connectivity index (χ1v) is 7.16. The maximum atomic E-state index is 10.5. The lowest BCUT2D eigenvalue weighted by atomic mass is 9.97. The zero-order valence-corrected chi connectivity index (χ0v) is 13.2. The third-order valence-electron chi connectivity index (χ3n) is 2.69. The van der Waals surface area contributed by atoms with Gasteiger partial charge in [-0.3, -0.25) is 0 Å². The smallest absolute Gasteiger partial charge is 0.330 e. The molecule has 0 aliphatic rings. The minimum absolute atomic E-state index is 0.373. The third kappa shape index (κ3) is 15.2. The SMILES string of the molecule is C=CC(=O)OC(C)(C)C.CCCCC(CC)CC. The van der Waals surface area contributed by atoms with Gasteiger partial charge >= 0.3 is 5.97 Å². The van der Waals surface area contributed by atoms with Crippen molar-refractivity contribution in [2.45, 2.75) is 79.2 Å². The van der Waals surface area contributed by atoms with Gasteiger partial charge < -0.3 is 4.74 Å². The molecule has 0 radical (unpaired) electrons. The zero-order chi connectivity index (χ0) is 14.6. The molecule has 2 nitrogen and oxygen atoms in total. The van der Waals surface area contributed by atoms with Crippen molar-refractivity contribution in [1.82, 2.24) is 0 Å². The average Bonchev–Trinajstić information content (AvgIpc) is 2.29. The number of carbonyl (C=O) groups is 1. The highest BCUT2D eigenvalue weighted by atomic mass is 16.6. The molecule has 0 aromatic heterocycles. The second kappa shape index (κ2) is 11.3. The van der Waals surface area contributed by atoms with E-state index in [4.69, 9.17) is 4.74 Å². The molecule has 0 saturated carbocycles. The molecule has 0 aromatic carbocycles. The third-order valence-corrected chi connectivity index (χ3v) is 2.69. The van der Waals surface area contributed by atoms with E-state index in [-0.39, 0.29) is 5.97 Å². The Kier molecular flexibility index (Phi) is 12.3. The first-order valence-electron chi connectivity index (χ1n) is 7.16. The van der Waals surface area contributed by atoms with Crippen molar-refractivity contribution >= 4 is 5.97 Å². The van der Waals surface area contributed by atoms with Gasteiger partial charge in [0.1, 0.15) is 5.60 Å². The summed E-state index contributed by atoms with van der Waals surface area (Å²) in [7, 11) is 0. The Morgan fingerprint density at radius 1 is 1.22 bits per heavy atom. The predicted octanol–water partition coefficient (Wildman–Crippen LogP) is 5.13. The topological polar surface area (TPSA) is 26.3 Å². The summed E-state index contributed by atoms with van der Waals surface area (Å²) in [6.07, 6.45) is 8.13. The Bertz CT molecular complexity index is 210. The minimum atomic E-state index is -0.398. The van der Waals surface area contributed by atoms with Crippen LogP contribution in [0, 0.1) is 5.92 Å². The maximum Gasteiger partial charge on any atom is 0.330 e. The summed E-state index contributed by atoms with van der Waals surface area (Å²) >= 11 is 0. The van der Waals surface area contributed by atoms with E-state index >= 15 is 0 Å². The van der Waals surface area contributed by atoms with Crippen molar-refractivity contribution in [3.63, 3.8) is 0 Å². The first-order chi connectivity index (χ1) is 8.30. The van der Waals surface area contributed by atoms with E-state index in [1.165, 1.54) is 32.1 Å². The van der Waals surface area contributed by atoms with Gasteiger partial charge in [-0.25, -0.2) is 4.79 Å². The molecule has 0 spiro atoms. The van der Waals surface area contributed by atoms with E-state index in [1.54, 1.807) is 0 Å². The zero-order valence-electron chi connectivity index (χ0n) is 13.2. The highest BCUT2D eigenvalue weighted by Gasteiger charge is 2.12. The van der Waals surface area contributed by atoms with E-state index in [1.807, 2.05) is 20.8 Å². The Hall–Kier alpha value is -0.790. The largest absolute Gasteiger partial charge is 0.457 e. The molecular formula is C16H32O2. The number of esters is 1. The van der Waals surface area contributed by atoms with Crippen LogP contribution in [0.3, 0.4) is 0 Å². The highest BCUT2D eigenvalue weighted by Crippen LogP contribution is 2.15. The molecule has 0 saturated heterocycles. The van der Waals surface area contributed by atoms with Crippen LogP contribution in [0.2, 0.25) is 0 Å². The van der Waals surface area contributed by atoms with E-state index in [2.05, 4.69) is 27.4 Å². The van der Waals surface area contributed by atoms with E-state index in [9.17, 15) is 4.79 Å². The summed E-state index contributed by atoms with van der Waals surface area (Å²) in [5, 5.41) is 0. The molecule has 0 bridgehead atoms. The van der Waals surface area contributed by atoms with Crippen LogP contribution in [0.5, 0.6) is 0 Å². The van der Waals surface area contributed by atoms with Gasteiger partial charge in [0.15, 0.2) is 0 Å². The lowest BCUT2D eigenvalue weighted by Crippen LogP contribution is -2.22. The molecule has 108 valence electrons. The molecule has 0 fully saturated rings. The van der Waals surface area contributed by atoms with E-state index < -0.39 is 5.60 Å². The summed E-state index contributed by atoms with van der Waals surface area (Å²) in [4.78, 5) is 10.5. The van der Waals surface area contributed by atoms with Gasteiger partial charge in [-0.2, -0.15) is 0 Å². The molecule has 0 N–H and O–H groups in total. The van der Waals surface area contributed by atoms with Crippen LogP contribution in [0.1, 0.15) is 73.6 Å². The second-order valence-electron chi connectivity index (χ2n) is 5.56. The standard InChI is InChI=1S/C9H20.C7H12O2/c1-4-7-8-9(5-2)6-3;1-5-6(8)9-7(2,3)4/h9H,4-8H2,1-3H3;5H,1H2,2-4H3. The van der Waals surface area contributed by atoms with Crippen LogP contribution < -0.4 is 0 Å². The van der Waals surface area contributed by atoms with Crippen molar-refractivity contribution < 1.29 is 9.53 Å². The number of ether oxygens (including phenoxy) is 1. The van der Waals surface area contributed by atoms with Crippen molar-refractivity contribution in [2.75, 3.05) is 0 Å². The minimum Gasteiger partial charge on any atom is -0.457 e. The van der Waals surface area contributed by atoms with Crippen LogP contribution >= 0.6 is 0 Å². The maximum absolute atomic E-state index is 10.5. The van der Waals surface area contributed by atoms with Crippen LogP contribution in [0.25, 0.3) is 0 Å². The number of unbranched alkanes of at least 4 members (excludes halogenated alkanes) is 1. The van der Waals surface area contributed by atoms with Gasteiger partial charge in [0.25, 0.3) is 0 Å². The van der Waals surface area contributed by atoms with Gasteiger partial charge in [-0.05, 0) is 26.7 Å². The summed E-state index contributed by atoms with van der Waals surface area (Å²) in [5.74, 6) is 0.632. The fraction of sp³-hybridized carbons (Fsp3) is 0.812. The summed E-state index contributed by atoms with van der Waals surface area (Å²) < 4.78 is 4.83. The molecule has 0 rings (SSSR count). The van der Waals surface area contributed by atoms with Crippen molar-refractivity contribution in [1.29, 1.82) is 0 Å². The van der Waals surface area contributed by atoms with Crippen molar-refractivity contribution in [3.8, 4) is 0 Å². The van der Waals surface area contributed by atoms with Crippen LogP contribution in [0.4, 0.5) is 0 Å². The lowest BCUT2D eigenvalue weighted by Gasteiger charge is -2.17. The number of hydrogen-bond donors (Lipinski definition) is 0. The van der Waals surface area contributed by atoms with Gasteiger partial charge in [0.05, 0.1) is 0 Å². The van der Waals surface area contributed by atoms with Crippen LogP contribution in [-0.2, 0) is 9.53 Å². The van der Waals surface area contributed by atoms with Crippen LogP contribution in [0.15, 0.2) is 12.7 Å². The first kappa shape index (κ1) is 19.5. The van der Waals surface area contributed by atoms with Crippen molar-refractivity contribution in [2.24, 2.45) is 5.92 Å². The van der Waals surface area contributed by atoms with E-state index in [0.717, 1.165) is 12.0 Å². The summed E-state index contributed by atoms with van der Waals surface area (Å²) in [6.45, 7) is 15.6. The average molecular weight is 256 g/mol. The van der Waals surface area contributed by atoms with E-state index in [0.29, 0.717) is 0 Å². The Morgan fingerprint density at radius 3 is 1.94 bits per heavy atom. The second-order valence-corrected chi connectivity index (χ2v) is 5.56. The molecule has 0 unspecified atom stereocenters. The number of carbonyl (C=O) groups excluding carboxylic acids is 1. The molecule has 0 heterocycles. The molecule has 0 aliphatic heterocycles. The van der Waals surface area contributed by atoms with Gasteiger partial charge in [0.2, 0.25) is 0 Å².